The average molecular weight is 322 g/mol. The predicted octanol–water partition coefficient (Wildman–Crippen LogP) is 2.61. The summed E-state index contributed by atoms with van der Waals surface area (Å²) in [5.41, 5.74) is 0. The largest absolute Gasteiger partial charge is 0.360 e. The van der Waals surface area contributed by atoms with Crippen LogP contribution in [0.25, 0.3) is 4.96 Å². The van der Waals surface area contributed by atoms with Crippen LogP contribution in [0.2, 0.25) is 0 Å². The van der Waals surface area contributed by atoms with Crippen LogP contribution in [0.3, 0.4) is 0 Å². The zero-order valence-electron chi connectivity index (χ0n) is 7.83. The van der Waals surface area contributed by atoms with Crippen molar-refractivity contribution in [2.24, 2.45) is 0 Å². The van der Waals surface area contributed by atoms with Gasteiger partial charge in [0.25, 0.3) is 0 Å². The van der Waals surface area contributed by atoms with Gasteiger partial charge in [-0.05, 0) is 29.0 Å². The Morgan fingerprint density at radius 1 is 1.64 bits per heavy atom. The molecule has 6 heteroatoms. The van der Waals surface area contributed by atoms with Gasteiger partial charge < -0.3 is 5.32 Å². The van der Waals surface area contributed by atoms with Crippen molar-refractivity contribution in [3.8, 4) is 0 Å². The Morgan fingerprint density at radius 3 is 3.21 bits per heavy atom. The number of unbranched alkanes of at least 4 members (excludes halogenated alkanes) is 1. The highest BCUT2D eigenvalue weighted by Crippen LogP contribution is 2.20. The van der Waals surface area contributed by atoms with Gasteiger partial charge in [0, 0.05) is 6.54 Å². The number of aromatic nitrogens is 3. The first-order chi connectivity index (χ1) is 6.81. The van der Waals surface area contributed by atoms with E-state index >= 15 is 0 Å². The van der Waals surface area contributed by atoms with Gasteiger partial charge >= 0.3 is 0 Å². The third-order valence-corrected chi connectivity index (χ3v) is 3.47. The molecular formula is C8H11IN4S. The minimum absolute atomic E-state index is 0.952. The highest BCUT2D eigenvalue weighted by Gasteiger charge is 2.06. The highest BCUT2D eigenvalue weighted by atomic mass is 127. The molecule has 0 spiro atoms. The van der Waals surface area contributed by atoms with Gasteiger partial charge in [0.2, 0.25) is 10.1 Å². The Bertz CT molecular complexity index is 422. The van der Waals surface area contributed by atoms with Crippen molar-refractivity contribution in [1.82, 2.24) is 14.6 Å². The number of nitrogens with zero attached hydrogens (tertiary/aromatic N) is 3. The first-order valence-corrected chi connectivity index (χ1v) is 6.44. The molecule has 0 unspecified atom stereocenters. The molecule has 0 saturated carbocycles. The summed E-state index contributed by atoms with van der Waals surface area (Å²) in [5, 5.41) is 8.65. The van der Waals surface area contributed by atoms with E-state index in [9.17, 15) is 0 Å². The van der Waals surface area contributed by atoms with Crippen molar-refractivity contribution in [1.29, 1.82) is 0 Å². The van der Waals surface area contributed by atoms with Gasteiger partial charge in [-0.2, -0.15) is 4.52 Å². The zero-order chi connectivity index (χ0) is 9.97. The first kappa shape index (κ1) is 10.2. The SMILES string of the molecule is CCCCNc1nn2c(I)cnc2s1. The molecule has 2 aromatic heterocycles. The lowest BCUT2D eigenvalue weighted by Gasteiger charge is -1.97. The molecule has 4 nitrogen and oxygen atoms in total. The first-order valence-electron chi connectivity index (χ1n) is 4.55. The summed E-state index contributed by atoms with van der Waals surface area (Å²) in [7, 11) is 0. The summed E-state index contributed by atoms with van der Waals surface area (Å²) >= 11 is 3.82. The van der Waals surface area contributed by atoms with Gasteiger partial charge in [-0.25, -0.2) is 4.98 Å². The van der Waals surface area contributed by atoms with E-state index in [2.05, 4.69) is 44.9 Å². The molecule has 0 atom stereocenters. The van der Waals surface area contributed by atoms with Crippen molar-refractivity contribution in [3.05, 3.63) is 9.90 Å². The van der Waals surface area contributed by atoms with Crippen molar-refractivity contribution >= 4 is 44.0 Å². The second-order valence-corrected chi connectivity index (χ2v) is 5.02. The number of hydrogen-bond acceptors (Lipinski definition) is 4. The lowest BCUT2D eigenvalue weighted by Crippen LogP contribution is -2.00. The molecule has 0 aliphatic rings. The number of anilines is 1. The lowest BCUT2D eigenvalue weighted by atomic mass is 10.3. The summed E-state index contributed by atoms with van der Waals surface area (Å²) in [4.78, 5) is 5.19. The Kier molecular flexibility index (Phi) is 3.22. The average Bonchev–Trinajstić information content (AvgIpc) is 2.70. The van der Waals surface area contributed by atoms with Gasteiger partial charge in [-0.1, -0.05) is 24.7 Å². The second kappa shape index (κ2) is 4.43. The maximum atomic E-state index is 4.40. The molecule has 2 rings (SSSR count). The molecule has 0 amide bonds. The molecule has 14 heavy (non-hydrogen) atoms. The molecule has 0 aromatic carbocycles. The van der Waals surface area contributed by atoms with E-state index in [4.69, 9.17) is 0 Å². The standard InChI is InChI=1S/C8H11IN4S/c1-2-3-4-10-7-12-13-6(9)5-11-8(13)14-7/h5H,2-4H2,1H3,(H,10,12). The van der Waals surface area contributed by atoms with E-state index in [0.717, 1.165) is 20.3 Å². The summed E-state index contributed by atoms with van der Waals surface area (Å²) in [6, 6.07) is 0. The fourth-order valence-corrected chi connectivity index (χ4v) is 2.55. The van der Waals surface area contributed by atoms with Crippen molar-refractivity contribution in [2.45, 2.75) is 19.8 Å². The molecular weight excluding hydrogens is 311 g/mol. The van der Waals surface area contributed by atoms with Crippen LogP contribution in [-0.2, 0) is 0 Å². The Hall–Kier alpha value is -0.370. The zero-order valence-corrected chi connectivity index (χ0v) is 10.8. The van der Waals surface area contributed by atoms with Crippen LogP contribution < -0.4 is 5.32 Å². The molecule has 0 aliphatic carbocycles. The van der Waals surface area contributed by atoms with Crippen LogP contribution in [0.1, 0.15) is 19.8 Å². The van der Waals surface area contributed by atoms with Crippen molar-refractivity contribution in [3.63, 3.8) is 0 Å². The third kappa shape index (κ3) is 2.00. The number of fused-ring (bicyclic) bond motifs is 1. The smallest absolute Gasteiger partial charge is 0.214 e. The van der Waals surface area contributed by atoms with Gasteiger partial charge in [0.05, 0.1) is 6.20 Å². The number of halogens is 1. The van der Waals surface area contributed by atoms with E-state index < -0.39 is 0 Å². The van der Waals surface area contributed by atoms with E-state index in [1.165, 1.54) is 12.8 Å². The quantitative estimate of drug-likeness (QED) is 0.695. The van der Waals surface area contributed by atoms with Crippen molar-refractivity contribution < 1.29 is 0 Å². The van der Waals surface area contributed by atoms with Gasteiger partial charge in [0.15, 0.2) is 0 Å². The van der Waals surface area contributed by atoms with Crippen LogP contribution in [0.15, 0.2) is 6.20 Å². The van der Waals surface area contributed by atoms with Crippen LogP contribution in [-0.4, -0.2) is 21.1 Å². The summed E-state index contributed by atoms with van der Waals surface area (Å²) in [5.74, 6) is 0. The number of nitrogens with one attached hydrogen (secondary N) is 1. The molecule has 1 N–H and O–H groups in total. The van der Waals surface area contributed by atoms with E-state index in [1.807, 2.05) is 10.7 Å². The molecule has 0 radical (unpaired) electrons. The molecule has 2 aromatic rings. The summed E-state index contributed by atoms with van der Waals surface area (Å²) in [6.07, 6.45) is 4.21. The van der Waals surface area contributed by atoms with E-state index in [-0.39, 0.29) is 0 Å². The lowest BCUT2D eigenvalue weighted by molar-refractivity contribution is 0.827. The molecule has 0 fully saturated rings. The number of imidazole rings is 1. The monoisotopic (exact) mass is 322 g/mol. The molecule has 76 valence electrons. The van der Waals surface area contributed by atoms with E-state index in [1.54, 1.807) is 11.3 Å². The maximum absolute atomic E-state index is 4.40. The summed E-state index contributed by atoms with van der Waals surface area (Å²) in [6.45, 7) is 3.17. The fraction of sp³-hybridized carbons (Fsp3) is 0.500. The topological polar surface area (TPSA) is 42.2 Å². The normalized spacial score (nSPS) is 11.0. The minimum atomic E-state index is 0.952. The molecule has 2 heterocycles. The Morgan fingerprint density at radius 2 is 2.50 bits per heavy atom. The minimum Gasteiger partial charge on any atom is -0.360 e. The van der Waals surface area contributed by atoms with Gasteiger partial charge in [-0.15, -0.1) is 5.10 Å². The van der Waals surface area contributed by atoms with Crippen LogP contribution in [0, 0.1) is 3.70 Å². The number of hydrogen-bond donors (Lipinski definition) is 1. The predicted molar refractivity (Wildman–Crippen MR) is 67.0 cm³/mol. The van der Waals surface area contributed by atoms with Crippen LogP contribution >= 0.6 is 33.9 Å². The molecule has 0 bridgehead atoms. The number of rotatable bonds is 4. The Balaban J connectivity index is 2.11. The van der Waals surface area contributed by atoms with Crippen LogP contribution in [0.4, 0.5) is 5.13 Å². The second-order valence-electron chi connectivity index (χ2n) is 2.96. The van der Waals surface area contributed by atoms with E-state index in [0.29, 0.717) is 0 Å². The highest BCUT2D eigenvalue weighted by molar-refractivity contribution is 14.1. The van der Waals surface area contributed by atoms with Crippen LogP contribution in [0.5, 0.6) is 0 Å². The third-order valence-electron chi connectivity index (χ3n) is 1.85. The maximum Gasteiger partial charge on any atom is 0.214 e. The van der Waals surface area contributed by atoms with Gasteiger partial charge in [-0.3, -0.25) is 0 Å². The summed E-state index contributed by atoms with van der Waals surface area (Å²) < 4.78 is 2.91. The molecule has 0 saturated heterocycles. The fourth-order valence-electron chi connectivity index (χ4n) is 1.11. The molecule has 0 aliphatic heterocycles. The van der Waals surface area contributed by atoms with Crippen molar-refractivity contribution in [2.75, 3.05) is 11.9 Å². The van der Waals surface area contributed by atoms with Gasteiger partial charge in [0.1, 0.15) is 3.70 Å². The Labute approximate surface area is 99.9 Å².